The zero-order valence-corrected chi connectivity index (χ0v) is 11.5. The molecule has 1 heterocycles. The van der Waals surface area contributed by atoms with Crippen LogP contribution < -0.4 is 5.32 Å². The van der Waals surface area contributed by atoms with Gasteiger partial charge in [-0.25, -0.2) is 4.39 Å². The van der Waals surface area contributed by atoms with Crippen LogP contribution in [-0.4, -0.2) is 35.2 Å². The molecule has 7 heteroatoms. The van der Waals surface area contributed by atoms with Crippen molar-refractivity contribution >= 4 is 33.7 Å². The molecule has 1 fully saturated rings. The predicted molar refractivity (Wildman–Crippen MR) is 67.7 cm³/mol. The molecule has 1 aliphatic heterocycles. The van der Waals surface area contributed by atoms with Crippen LogP contribution in [-0.2, 0) is 9.59 Å². The van der Waals surface area contributed by atoms with Crippen molar-refractivity contribution in [1.29, 1.82) is 0 Å². The van der Waals surface area contributed by atoms with Crippen LogP contribution in [0, 0.1) is 5.82 Å². The average molecular weight is 329 g/mol. The topological polar surface area (TPSA) is 66.5 Å². The maximum atomic E-state index is 13.6. The number of benzene rings is 1. The highest BCUT2D eigenvalue weighted by molar-refractivity contribution is 9.10. The highest BCUT2D eigenvalue weighted by Crippen LogP contribution is 2.19. The quantitative estimate of drug-likeness (QED) is 0.784. The normalized spacial score (nSPS) is 19.3. The van der Waals surface area contributed by atoms with Crippen molar-refractivity contribution in [2.45, 2.75) is 13.0 Å². The lowest BCUT2D eigenvalue weighted by molar-refractivity contribution is -0.138. The number of imide groups is 1. The number of amides is 3. The van der Waals surface area contributed by atoms with Crippen LogP contribution in [0.1, 0.15) is 17.3 Å². The molecular formula is C12H10BrFN2O3. The minimum Gasteiger partial charge on any atom is -0.317 e. The fourth-order valence-corrected chi connectivity index (χ4v) is 2.14. The van der Waals surface area contributed by atoms with Gasteiger partial charge in [0.05, 0.1) is 5.56 Å². The first-order chi connectivity index (χ1) is 8.90. The van der Waals surface area contributed by atoms with E-state index >= 15 is 0 Å². The van der Waals surface area contributed by atoms with Gasteiger partial charge < -0.3 is 4.90 Å². The first-order valence-electron chi connectivity index (χ1n) is 5.50. The minimum absolute atomic E-state index is 0.177. The Morgan fingerprint density at radius 1 is 1.47 bits per heavy atom. The number of halogens is 2. The zero-order valence-electron chi connectivity index (χ0n) is 9.94. The second-order valence-electron chi connectivity index (χ2n) is 4.15. The van der Waals surface area contributed by atoms with Gasteiger partial charge >= 0.3 is 0 Å². The van der Waals surface area contributed by atoms with Gasteiger partial charge in [0.25, 0.3) is 5.91 Å². The van der Waals surface area contributed by atoms with Crippen molar-refractivity contribution in [1.82, 2.24) is 10.2 Å². The van der Waals surface area contributed by atoms with Gasteiger partial charge in [-0.3, -0.25) is 19.7 Å². The molecule has 0 radical (unpaired) electrons. The summed E-state index contributed by atoms with van der Waals surface area (Å²) in [5, 5.41) is 2.12. The van der Waals surface area contributed by atoms with Crippen LogP contribution in [0.15, 0.2) is 22.7 Å². The van der Waals surface area contributed by atoms with Gasteiger partial charge in [0.1, 0.15) is 18.4 Å². The summed E-state index contributed by atoms with van der Waals surface area (Å²) in [5.41, 5.74) is -0.177. The Kier molecular flexibility index (Phi) is 3.66. The number of hydrogen-bond acceptors (Lipinski definition) is 3. The van der Waals surface area contributed by atoms with Gasteiger partial charge in [0.15, 0.2) is 0 Å². The summed E-state index contributed by atoms with van der Waals surface area (Å²) >= 11 is 3.14. The Hall–Kier alpha value is -1.76. The highest BCUT2D eigenvalue weighted by atomic mass is 79.9. The van der Waals surface area contributed by atoms with E-state index in [-0.39, 0.29) is 12.1 Å². The average Bonchev–Trinajstić information content (AvgIpc) is 2.36. The molecule has 1 atom stereocenters. The van der Waals surface area contributed by atoms with Crippen LogP contribution in [0.3, 0.4) is 0 Å². The van der Waals surface area contributed by atoms with E-state index in [2.05, 4.69) is 21.2 Å². The monoisotopic (exact) mass is 328 g/mol. The SMILES string of the molecule is CC1C(=O)NC(=O)CN1C(=O)c1cc(Br)ccc1F. The molecule has 1 aliphatic rings. The smallest absolute Gasteiger partial charge is 0.258 e. The molecular weight excluding hydrogens is 319 g/mol. The van der Waals surface area contributed by atoms with Gasteiger partial charge in [-0.15, -0.1) is 0 Å². The first kappa shape index (κ1) is 13.7. The second-order valence-corrected chi connectivity index (χ2v) is 5.06. The van der Waals surface area contributed by atoms with Crippen molar-refractivity contribution in [3.8, 4) is 0 Å². The first-order valence-corrected chi connectivity index (χ1v) is 6.29. The standard InChI is InChI=1S/C12H10BrFN2O3/c1-6-11(18)15-10(17)5-16(6)12(19)8-4-7(13)2-3-9(8)14/h2-4,6H,5H2,1H3,(H,15,17,18). The van der Waals surface area contributed by atoms with Gasteiger partial charge in [-0.2, -0.15) is 0 Å². The molecule has 19 heavy (non-hydrogen) atoms. The van der Waals surface area contributed by atoms with Crippen molar-refractivity contribution in [3.05, 3.63) is 34.1 Å². The third-order valence-corrected chi connectivity index (χ3v) is 3.34. The molecule has 1 saturated heterocycles. The predicted octanol–water partition coefficient (Wildman–Crippen LogP) is 1.08. The van der Waals surface area contributed by atoms with Crippen LogP contribution in [0.2, 0.25) is 0 Å². The summed E-state index contributed by atoms with van der Waals surface area (Å²) in [5.74, 6) is -2.53. The van der Waals surface area contributed by atoms with Crippen molar-refractivity contribution in [2.75, 3.05) is 6.54 Å². The molecule has 1 aromatic carbocycles. The largest absolute Gasteiger partial charge is 0.317 e. The molecule has 0 spiro atoms. The lowest BCUT2D eigenvalue weighted by atomic mass is 10.1. The number of piperazine rings is 1. The maximum absolute atomic E-state index is 13.6. The lowest BCUT2D eigenvalue weighted by Gasteiger charge is -2.31. The Balaban J connectivity index is 2.35. The summed E-state index contributed by atoms with van der Waals surface area (Å²) in [6.45, 7) is 1.22. The van der Waals surface area contributed by atoms with E-state index in [1.807, 2.05) is 0 Å². The van der Waals surface area contributed by atoms with Crippen molar-refractivity contribution in [3.63, 3.8) is 0 Å². The van der Waals surface area contributed by atoms with E-state index < -0.39 is 29.6 Å². The van der Waals surface area contributed by atoms with Crippen LogP contribution >= 0.6 is 15.9 Å². The fourth-order valence-electron chi connectivity index (χ4n) is 1.78. The Bertz CT molecular complexity index is 576. The molecule has 1 aromatic rings. The molecule has 2 rings (SSSR count). The molecule has 0 aliphatic carbocycles. The number of nitrogens with one attached hydrogen (secondary N) is 1. The molecule has 0 bridgehead atoms. The Morgan fingerprint density at radius 2 is 2.16 bits per heavy atom. The second kappa shape index (κ2) is 5.08. The summed E-state index contributed by atoms with van der Waals surface area (Å²) in [6.07, 6.45) is 0. The highest BCUT2D eigenvalue weighted by Gasteiger charge is 2.34. The number of carbonyl (C=O) groups is 3. The van der Waals surface area contributed by atoms with E-state index in [9.17, 15) is 18.8 Å². The summed E-state index contributed by atoms with van der Waals surface area (Å²) < 4.78 is 14.2. The summed E-state index contributed by atoms with van der Waals surface area (Å²) in [7, 11) is 0. The van der Waals surface area contributed by atoms with E-state index in [0.29, 0.717) is 4.47 Å². The maximum Gasteiger partial charge on any atom is 0.258 e. The van der Waals surface area contributed by atoms with E-state index in [1.54, 1.807) is 0 Å². The molecule has 1 unspecified atom stereocenters. The number of nitrogens with zero attached hydrogens (tertiary/aromatic N) is 1. The van der Waals surface area contributed by atoms with Crippen molar-refractivity contribution < 1.29 is 18.8 Å². The lowest BCUT2D eigenvalue weighted by Crippen LogP contribution is -2.58. The molecule has 5 nitrogen and oxygen atoms in total. The molecule has 0 aromatic heterocycles. The van der Waals surface area contributed by atoms with Crippen LogP contribution in [0.5, 0.6) is 0 Å². The van der Waals surface area contributed by atoms with Gasteiger partial charge in [0, 0.05) is 4.47 Å². The van der Waals surface area contributed by atoms with E-state index in [1.165, 1.54) is 19.1 Å². The number of rotatable bonds is 1. The van der Waals surface area contributed by atoms with Gasteiger partial charge in [0.2, 0.25) is 11.8 Å². The number of carbonyl (C=O) groups excluding carboxylic acids is 3. The fraction of sp³-hybridized carbons (Fsp3) is 0.250. The van der Waals surface area contributed by atoms with Gasteiger partial charge in [-0.1, -0.05) is 15.9 Å². The summed E-state index contributed by atoms with van der Waals surface area (Å²) in [6, 6.07) is 3.11. The third kappa shape index (κ3) is 2.65. The molecule has 100 valence electrons. The Labute approximate surface area is 116 Å². The molecule has 3 amide bonds. The van der Waals surface area contributed by atoms with Crippen molar-refractivity contribution in [2.24, 2.45) is 0 Å². The molecule has 1 N–H and O–H groups in total. The zero-order chi connectivity index (χ0) is 14.2. The summed E-state index contributed by atoms with van der Waals surface area (Å²) in [4.78, 5) is 36.0. The van der Waals surface area contributed by atoms with Crippen LogP contribution in [0.25, 0.3) is 0 Å². The molecule has 0 saturated carbocycles. The van der Waals surface area contributed by atoms with Gasteiger partial charge in [-0.05, 0) is 25.1 Å². The third-order valence-electron chi connectivity index (χ3n) is 2.84. The number of hydrogen-bond donors (Lipinski definition) is 1. The van der Waals surface area contributed by atoms with E-state index in [0.717, 1.165) is 11.0 Å². The van der Waals surface area contributed by atoms with Crippen LogP contribution in [0.4, 0.5) is 4.39 Å². The van der Waals surface area contributed by atoms with E-state index in [4.69, 9.17) is 0 Å². The Morgan fingerprint density at radius 3 is 2.84 bits per heavy atom. The minimum atomic E-state index is -0.816.